The molecule has 0 spiro atoms. The van der Waals surface area contributed by atoms with Gasteiger partial charge in [-0.3, -0.25) is 0 Å². The van der Waals surface area contributed by atoms with Crippen LogP contribution in [0.1, 0.15) is 28.1 Å². The van der Waals surface area contributed by atoms with E-state index in [4.69, 9.17) is 14.2 Å². The third kappa shape index (κ3) is 6.22. The van der Waals surface area contributed by atoms with Crippen molar-refractivity contribution < 1.29 is 28.9 Å². The molecule has 0 bridgehead atoms. The van der Waals surface area contributed by atoms with Gasteiger partial charge in [0.15, 0.2) is 5.60 Å². The van der Waals surface area contributed by atoms with Crippen LogP contribution in [0.3, 0.4) is 0 Å². The quantitative estimate of drug-likeness (QED) is 0.290. The monoisotopic (exact) mass is 512 g/mol. The second kappa shape index (κ2) is 12.1. The molecule has 0 aliphatic heterocycles. The van der Waals surface area contributed by atoms with Gasteiger partial charge in [0, 0.05) is 11.4 Å². The molecule has 0 fully saturated rings. The van der Waals surface area contributed by atoms with Gasteiger partial charge in [-0.05, 0) is 36.6 Å². The minimum Gasteiger partial charge on any atom is -0.480 e. The number of hydrogen-bond donors (Lipinski definition) is 1. The molecule has 0 saturated heterocycles. The smallest absolute Gasteiger partial charge is 0.351 e. The van der Waals surface area contributed by atoms with E-state index in [1.165, 1.54) is 0 Å². The van der Waals surface area contributed by atoms with E-state index in [2.05, 4.69) is 9.97 Å². The molecule has 0 aliphatic carbocycles. The molecule has 1 atom stereocenters. The molecule has 4 aromatic rings. The van der Waals surface area contributed by atoms with Crippen LogP contribution in [-0.4, -0.2) is 39.7 Å². The Morgan fingerprint density at radius 3 is 1.82 bits per heavy atom. The summed E-state index contributed by atoms with van der Waals surface area (Å²) in [7, 11) is 0. The lowest BCUT2D eigenvalue weighted by Gasteiger charge is -2.39. The highest BCUT2D eigenvalue weighted by molar-refractivity contribution is 5.79. The lowest BCUT2D eigenvalue weighted by Crippen LogP contribution is -2.52. The summed E-state index contributed by atoms with van der Waals surface area (Å²) in [5.41, 5.74) is 1.34. The number of carboxylic acid groups (broad SMARTS) is 1. The Hall–Kier alpha value is -4.56. The van der Waals surface area contributed by atoms with Crippen molar-refractivity contribution in [3.8, 4) is 6.01 Å². The van der Waals surface area contributed by atoms with Gasteiger partial charge in [0.2, 0.25) is 6.10 Å². The number of esters is 1. The number of nitrogens with zero attached hydrogens (tertiary/aromatic N) is 2. The molecule has 0 aliphatic rings. The van der Waals surface area contributed by atoms with Gasteiger partial charge in [-0.2, -0.15) is 0 Å². The molecule has 3 aromatic carbocycles. The number of ether oxygens (including phenoxy) is 3. The number of carbonyl (C=O) groups is 2. The predicted octanol–water partition coefficient (Wildman–Crippen LogP) is 4.63. The fourth-order valence-corrected chi connectivity index (χ4v) is 4.21. The first-order valence-corrected chi connectivity index (χ1v) is 12.0. The van der Waals surface area contributed by atoms with Gasteiger partial charge in [0.25, 0.3) is 0 Å². The third-order valence-electron chi connectivity index (χ3n) is 5.82. The van der Waals surface area contributed by atoms with E-state index in [-0.39, 0.29) is 12.6 Å². The summed E-state index contributed by atoms with van der Waals surface area (Å²) < 4.78 is 18.1. The summed E-state index contributed by atoms with van der Waals surface area (Å²) in [6.07, 6.45) is -1.50. The molecule has 4 rings (SSSR count). The summed E-state index contributed by atoms with van der Waals surface area (Å²) in [5, 5.41) is 9.60. The van der Waals surface area contributed by atoms with Gasteiger partial charge < -0.3 is 19.3 Å². The van der Waals surface area contributed by atoms with Gasteiger partial charge >= 0.3 is 17.9 Å². The SMILES string of the molecule is Cc1cc(C)nc(OC(C(=O)OCc2ccccc2)C(OCC(=O)O)(c2ccccc2)c2ccccc2)n1. The van der Waals surface area contributed by atoms with Crippen molar-refractivity contribution in [2.45, 2.75) is 32.2 Å². The minimum absolute atomic E-state index is 0.0220. The van der Waals surface area contributed by atoms with Gasteiger partial charge in [0.05, 0.1) is 0 Å². The molecule has 0 saturated carbocycles. The van der Waals surface area contributed by atoms with E-state index in [0.717, 1.165) is 5.56 Å². The van der Waals surface area contributed by atoms with Gasteiger partial charge in [0.1, 0.15) is 13.2 Å². The van der Waals surface area contributed by atoms with Gasteiger partial charge in [-0.1, -0.05) is 91.0 Å². The van der Waals surface area contributed by atoms with E-state index in [1.807, 2.05) is 42.5 Å². The fourth-order valence-electron chi connectivity index (χ4n) is 4.21. The summed E-state index contributed by atoms with van der Waals surface area (Å²) in [4.78, 5) is 34.4. The van der Waals surface area contributed by atoms with E-state index >= 15 is 0 Å². The average Bonchev–Trinajstić information content (AvgIpc) is 2.92. The number of aliphatic carboxylic acids is 1. The highest BCUT2D eigenvalue weighted by atomic mass is 16.6. The lowest BCUT2D eigenvalue weighted by atomic mass is 9.81. The molecule has 0 radical (unpaired) electrons. The Morgan fingerprint density at radius 2 is 1.32 bits per heavy atom. The number of aryl methyl sites for hydroxylation is 2. The predicted molar refractivity (Wildman–Crippen MR) is 139 cm³/mol. The maximum atomic E-state index is 13.9. The second-order valence-corrected chi connectivity index (χ2v) is 8.67. The maximum Gasteiger partial charge on any atom is 0.351 e. The molecule has 1 N–H and O–H groups in total. The van der Waals surface area contributed by atoms with Crippen molar-refractivity contribution in [1.29, 1.82) is 0 Å². The van der Waals surface area contributed by atoms with Crippen LogP contribution in [0.15, 0.2) is 97.1 Å². The fraction of sp³-hybridized carbons (Fsp3) is 0.200. The van der Waals surface area contributed by atoms with Crippen molar-refractivity contribution in [3.05, 3.63) is 125 Å². The second-order valence-electron chi connectivity index (χ2n) is 8.67. The van der Waals surface area contributed by atoms with Crippen molar-refractivity contribution in [2.75, 3.05) is 6.61 Å². The van der Waals surface area contributed by atoms with E-state index in [1.54, 1.807) is 68.4 Å². The topological polar surface area (TPSA) is 108 Å². The van der Waals surface area contributed by atoms with E-state index < -0.39 is 30.3 Å². The largest absolute Gasteiger partial charge is 0.480 e. The van der Waals surface area contributed by atoms with Gasteiger partial charge in [-0.15, -0.1) is 0 Å². The van der Waals surface area contributed by atoms with Crippen molar-refractivity contribution in [1.82, 2.24) is 9.97 Å². The highest BCUT2D eigenvalue weighted by Gasteiger charge is 2.51. The molecule has 38 heavy (non-hydrogen) atoms. The van der Waals surface area contributed by atoms with E-state index in [9.17, 15) is 14.7 Å². The normalized spacial score (nSPS) is 11.9. The number of carbonyl (C=O) groups excluding carboxylic acids is 1. The first kappa shape index (κ1) is 26.5. The zero-order chi connectivity index (χ0) is 27.0. The van der Waals surface area contributed by atoms with Crippen LogP contribution in [0, 0.1) is 13.8 Å². The number of benzene rings is 3. The molecule has 8 nitrogen and oxygen atoms in total. The molecule has 0 amide bonds. The van der Waals surface area contributed by atoms with Crippen LogP contribution < -0.4 is 4.74 Å². The van der Waals surface area contributed by atoms with Crippen molar-refractivity contribution >= 4 is 11.9 Å². The van der Waals surface area contributed by atoms with Crippen LogP contribution in [0.25, 0.3) is 0 Å². The van der Waals surface area contributed by atoms with E-state index in [0.29, 0.717) is 22.5 Å². The Morgan fingerprint density at radius 1 is 0.816 bits per heavy atom. The Labute approximate surface area is 220 Å². The third-order valence-corrected chi connectivity index (χ3v) is 5.82. The molecule has 8 heteroatoms. The van der Waals surface area contributed by atoms with Crippen molar-refractivity contribution in [2.24, 2.45) is 0 Å². The lowest BCUT2D eigenvalue weighted by molar-refractivity contribution is -0.177. The van der Waals surface area contributed by atoms with Crippen LogP contribution in [0.5, 0.6) is 6.01 Å². The zero-order valence-electron chi connectivity index (χ0n) is 21.1. The molecule has 1 heterocycles. The Balaban J connectivity index is 1.88. The van der Waals surface area contributed by atoms with Gasteiger partial charge in [-0.25, -0.2) is 19.6 Å². The Kier molecular flexibility index (Phi) is 8.45. The van der Waals surface area contributed by atoms with Crippen LogP contribution in [-0.2, 0) is 31.3 Å². The summed E-state index contributed by atoms with van der Waals surface area (Å²) >= 11 is 0. The summed E-state index contributed by atoms with van der Waals surface area (Å²) in [6.45, 7) is 2.84. The first-order valence-electron chi connectivity index (χ1n) is 12.0. The minimum atomic E-state index is -1.71. The van der Waals surface area contributed by atoms with Crippen molar-refractivity contribution in [3.63, 3.8) is 0 Å². The molecule has 1 unspecified atom stereocenters. The van der Waals surface area contributed by atoms with Crippen LogP contribution in [0.2, 0.25) is 0 Å². The Bertz CT molecular complexity index is 1300. The molecular formula is C30H28N2O6. The zero-order valence-corrected chi connectivity index (χ0v) is 21.1. The maximum absolute atomic E-state index is 13.9. The number of aromatic nitrogens is 2. The van der Waals surface area contributed by atoms with Crippen LogP contribution >= 0.6 is 0 Å². The number of carboxylic acids is 1. The molecular weight excluding hydrogens is 484 g/mol. The highest BCUT2D eigenvalue weighted by Crippen LogP contribution is 2.39. The number of hydrogen-bond acceptors (Lipinski definition) is 7. The van der Waals surface area contributed by atoms with Crippen LogP contribution in [0.4, 0.5) is 0 Å². The average molecular weight is 513 g/mol. The standard InChI is InChI=1S/C30H28N2O6/c1-21-18-22(2)32-29(31-21)38-27(28(35)36-19-23-12-6-3-7-13-23)30(37-20-26(33)34,24-14-8-4-9-15-24)25-16-10-5-11-17-25/h3-18,27H,19-20H2,1-2H3,(H,33,34). The molecule has 1 aromatic heterocycles. The molecule has 194 valence electrons. The number of rotatable bonds is 11. The summed E-state index contributed by atoms with van der Waals surface area (Å²) in [6, 6.07) is 28.6. The first-order chi connectivity index (χ1) is 18.4. The summed E-state index contributed by atoms with van der Waals surface area (Å²) in [5.74, 6) is -1.98.